The second kappa shape index (κ2) is 11.1. The first-order valence-electron chi connectivity index (χ1n) is 10.3. The predicted octanol–water partition coefficient (Wildman–Crippen LogP) is 2.65. The molecule has 2 aromatic rings. The zero-order valence-electron chi connectivity index (χ0n) is 18.8. The lowest BCUT2D eigenvalue weighted by Gasteiger charge is -2.19. The van der Waals surface area contributed by atoms with E-state index in [-0.39, 0.29) is 17.9 Å². The molecule has 3 N–H and O–H groups in total. The highest BCUT2D eigenvalue weighted by Crippen LogP contribution is 2.22. The molecule has 0 aliphatic rings. The predicted molar refractivity (Wildman–Crippen MR) is 122 cm³/mol. The van der Waals surface area contributed by atoms with Crippen LogP contribution in [0.15, 0.2) is 48.5 Å². The molecule has 2 aromatic carbocycles. The average molecular weight is 440 g/mol. The minimum absolute atomic E-state index is 0.0252. The molecule has 0 bridgehead atoms. The number of carbonyl (C=O) groups excluding carboxylic acids is 4. The van der Waals surface area contributed by atoms with E-state index in [0.717, 1.165) is 5.56 Å². The second-order valence-corrected chi connectivity index (χ2v) is 8.16. The van der Waals surface area contributed by atoms with Gasteiger partial charge < -0.3 is 20.7 Å². The van der Waals surface area contributed by atoms with Gasteiger partial charge >= 0.3 is 5.97 Å². The molecule has 0 fully saturated rings. The molecule has 0 aliphatic carbocycles. The number of anilines is 1. The number of esters is 1. The zero-order valence-corrected chi connectivity index (χ0v) is 18.8. The molecule has 3 amide bonds. The van der Waals surface area contributed by atoms with Gasteiger partial charge in [0.1, 0.15) is 6.54 Å². The highest BCUT2D eigenvalue weighted by Gasteiger charge is 2.15. The molecule has 0 saturated carbocycles. The van der Waals surface area contributed by atoms with Gasteiger partial charge in [0.25, 0.3) is 17.7 Å². The summed E-state index contributed by atoms with van der Waals surface area (Å²) >= 11 is 0. The summed E-state index contributed by atoms with van der Waals surface area (Å²) in [6.07, 6.45) is 0. The molecule has 8 heteroatoms. The Morgan fingerprint density at radius 3 is 2.16 bits per heavy atom. The Kier molecular flexibility index (Phi) is 8.52. The van der Waals surface area contributed by atoms with Gasteiger partial charge in [-0.05, 0) is 48.2 Å². The van der Waals surface area contributed by atoms with Crippen LogP contribution >= 0.6 is 0 Å². The molecule has 8 nitrogen and oxygen atoms in total. The van der Waals surface area contributed by atoms with E-state index in [4.69, 9.17) is 4.74 Å². The van der Waals surface area contributed by atoms with Crippen LogP contribution in [0.1, 0.15) is 54.0 Å². The molecule has 0 saturated heterocycles. The third-order valence-corrected chi connectivity index (χ3v) is 4.52. The maximum absolute atomic E-state index is 12.2. The van der Waals surface area contributed by atoms with Crippen molar-refractivity contribution in [2.45, 2.75) is 33.1 Å². The summed E-state index contributed by atoms with van der Waals surface area (Å²) in [6, 6.07) is 13.5. The van der Waals surface area contributed by atoms with Crippen molar-refractivity contribution in [2.24, 2.45) is 0 Å². The molecule has 0 atom stereocenters. The summed E-state index contributed by atoms with van der Waals surface area (Å²) < 4.78 is 4.90. The van der Waals surface area contributed by atoms with Crippen LogP contribution in [0.2, 0.25) is 0 Å². The minimum Gasteiger partial charge on any atom is -0.454 e. The van der Waals surface area contributed by atoms with Gasteiger partial charge in [-0.15, -0.1) is 0 Å². The molecule has 0 spiro atoms. The fourth-order valence-electron chi connectivity index (χ4n) is 2.77. The van der Waals surface area contributed by atoms with Crippen LogP contribution in [0.3, 0.4) is 0 Å². The average Bonchev–Trinajstić information content (AvgIpc) is 2.76. The van der Waals surface area contributed by atoms with E-state index in [1.54, 1.807) is 30.3 Å². The third-order valence-electron chi connectivity index (χ3n) is 4.52. The van der Waals surface area contributed by atoms with Crippen molar-refractivity contribution >= 4 is 29.4 Å². The van der Waals surface area contributed by atoms with Crippen molar-refractivity contribution in [3.8, 4) is 0 Å². The Morgan fingerprint density at radius 1 is 0.875 bits per heavy atom. The Morgan fingerprint density at radius 2 is 1.53 bits per heavy atom. The minimum atomic E-state index is -0.740. The standard InChI is InChI=1S/C24H29N3O5/c1-5-25-23(31)17-7-6-8-19(13-17)27-20(28)15-32-21(29)14-26-22(30)16-9-11-18(12-10-16)24(2,3)4/h6-13H,5,14-15H2,1-4H3,(H,25,31)(H,26,30)(H,27,28). The summed E-state index contributed by atoms with van der Waals surface area (Å²) in [4.78, 5) is 47.9. The highest BCUT2D eigenvalue weighted by molar-refractivity contribution is 5.98. The fourth-order valence-corrected chi connectivity index (χ4v) is 2.77. The number of amides is 3. The topological polar surface area (TPSA) is 114 Å². The van der Waals surface area contributed by atoms with Crippen molar-refractivity contribution in [3.05, 3.63) is 65.2 Å². The van der Waals surface area contributed by atoms with E-state index in [9.17, 15) is 19.2 Å². The number of hydrogen-bond donors (Lipinski definition) is 3. The van der Waals surface area contributed by atoms with Crippen LogP contribution in [0.4, 0.5) is 5.69 Å². The SMILES string of the molecule is CCNC(=O)c1cccc(NC(=O)COC(=O)CNC(=O)c2ccc(C(C)(C)C)cc2)c1. The smallest absolute Gasteiger partial charge is 0.325 e. The van der Waals surface area contributed by atoms with Crippen LogP contribution in [0, 0.1) is 0 Å². The van der Waals surface area contributed by atoms with E-state index >= 15 is 0 Å². The number of rotatable bonds is 8. The molecule has 0 unspecified atom stereocenters. The number of benzene rings is 2. The van der Waals surface area contributed by atoms with Gasteiger partial charge in [-0.2, -0.15) is 0 Å². The Labute approximate surface area is 187 Å². The molecule has 2 rings (SSSR count). The van der Waals surface area contributed by atoms with Gasteiger partial charge in [0.05, 0.1) is 0 Å². The molecular weight excluding hydrogens is 410 g/mol. The quantitative estimate of drug-likeness (QED) is 0.547. The van der Waals surface area contributed by atoms with Crippen LogP contribution in [-0.2, 0) is 19.7 Å². The summed E-state index contributed by atoms with van der Waals surface area (Å²) in [7, 11) is 0. The van der Waals surface area contributed by atoms with Gasteiger partial charge in [-0.1, -0.05) is 39.0 Å². The molecule has 0 radical (unpaired) electrons. The third kappa shape index (κ3) is 7.54. The molecule has 170 valence electrons. The Hall–Kier alpha value is -3.68. The van der Waals surface area contributed by atoms with Gasteiger partial charge in [0, 0.05) is 23.4 Å². The summed E-state index contributed by atoms with van der Waals surface area (Å²) in [6.45, 7) is 7.66. The van der Waals surface area contributed by atoms with Gasteiger partial charge in [-0.25, -0.2) is 0 Å². The van der Waals surface area contributed by atoms with Gasteiger partial charge in [0.2, 0.25) is 0 Å². The molecule has 0 heterocycles. The van der Waals surface area contributed by atoms with Crippen LogP contribution in [0.5, 0.6) is 0 Å². The summed E-state index contributed by atoms with van der Waals surface area (Å²) in [5.74, 6) is -1.96. The van der Waals surface area contributed by atoms with Crippen molar-refractivity contribution in [2.75, 3.05) is 25.0 Å². The Bertz CT molecular complexity index is 978. The lowest BCUT2D eigenvalue weighted by molar-refractivity contribution is -0.146. The van der Waals surface area contributed by atoms with Crippen molar-refractivity contribution < 1.29 is 23.9 Å². The first-order chi connectivity index (χ1) is 15.1. The van der Waals surface area contributed by atoms with E-state index in [0.29, 0.717) is 23.4 Å². The monoisotopic (exact) mass is 439 g/mol. The first kappa shape index (κ1) is 24.6. The highest BCUT2D eigenvalue weighted by atomic mass is 16.5. The molecule has 32 heavy (non-hydrogen) atoms. The normalized spacial score (nSPS) is 10.8. The lowest BCUT2D eigenvalue weighted by Crippen LogP contribution is -2.32. The second-order valence-electron chi connectivity index (χ2n) is 8.16. The molecule has 0 aliphatic heterocycles. The van der Waals surface area contributed by atoms with E-state index in [2.05, 4.69) is 36.7 Å². The van der Waals surface area contributed by atoms with Crippen LogP contribution in [-0.4, -0.2) is 43.4 Å². The van der Waals surface area contributed by atoms with Gasteiger partial charge in [0.15, 0.2) is 6.61 Å². The van der Waals surface area contributed by atoms with Crippen molar-refractivity contribution in [1.82, 2.24) is 10.6 Å². The van der Waals surface area contributed by atoms with E-state index < -0.39 is 24.4 Å². The molecule has 0 aromatic heterocycles. The van der Waals surface area contributed by atoms with Crippen molar-refractivity contribution in [1.29, 1.82) is 0 Å². The summed E-state index contributed by atoms with van der Waals surface area (Å²) in [5.41, 5.74) is 2.30. The lowest BCUT2D eigenvalue weighted by atomic mass is 9.87. The van der Waals surface area contributed by atoms with Crippen molar-refractivity contribution in [3.63, 3.8) is 0 Å². The largest absolute Gasteiger partial charge is 0.454 e. The first-order valence-corrected chi connectivity index (χ1v) is 10.3. The number of carbonyl (C=O) groups is 4. The number of ether oxygens (including phenoxy) is 1. The number of nitrogens with one attached hydrogen (secondary N) is 3. The maximum Gasteiger partial charge on any atom is 0.325 e. The van der Waals surface area contributed by atoms with E-state index in [1.807, 2.05) is 19.1 Å². The van der Waals surface area contributed by atoms with E-state index in [1.165, 1.54) is 6.07 Å². The zero-order chi connectivity index (χ0) is 23.7. The Balaban J connectivity index is 1.78. The van der Waals surface area contributed by atoms with Crippen LogP contribution in [0.25, 0.3) is 0 Å². The van der Waals surface area contributed by atoms with Gasteiger partial charge in [-0.3, -0.25) is 19.2 Å². The fraction of sp³-hybridized carbons (Fsp3) is 0.333. The van der Waals surface area contributed by atoms with Crippen LogP contribution < -0.4 is 16.0 Å². The number of hydrogen-bond acceptors (Lipinski definition) is 5. The molecular formula is C24H29N3O5. The maximum atomic E-state index is 12.2. The summed E-state index contributed by atoms with van der Waals surface area (Å²) in [5, 5.41) is 7.70.